The average molecular weight is 309 g/mol. The van der Waals surface area contributed by atoms with Gasteiger partial charge in [-0.2, -0.15) is 5.26 Å². The fourth-order valence-electron chi connectivity index (χ4n) is 2.23. The van der Waals surface area contributed by atoms with Gasteiger partial charge < -0.3 is 4.98 Å². The molecule has 0 radical (unpaired) electrons. The van der Waals surface area contributed by atoms with Crippen LogP contribution in [0, 0.1) is 18.3 Å². The number of pyridine rings is 1. The summed E-state index contributed by atoms with van der Waals surface area (Å²) in [6.07, 6.45) is 0. The molecule has 5 nitrogen and oxygen atoms in total. The monoisotopic (exact) mass is 309 g/mol. The van der Waals surface area contributed by atoms with Crippen LogP contribution >= 0.6 is 11.3 Å². The Kier molecular flexibility index (Phi) is 3.57. The molecular weight excluding hydrogens is 298 g/mol. The third-order valence-corrected chi connectivity index (χ3v) is 4.31. The van der Waals surface area contributed by atoms with E-state index in [4.69, 9.17) is 0 Å². The Balaban J connectivity index is 2.05. The molecule has 0 bridgehead atoms. The number of para-hydroxylation sites is 1. The van der Waals surface area contributed by atoms with Gasteiger partial charge in [0.2, 0.25) is 5.56 Å². The summed E-state index contributed by atoms with van der Waals surface area (Å²) in [5.41, 5.74) is 1.21. The molecule has 0 saturated heterocycles. The number of aryl methyl sites for hydroxylation is 1. The van der Waals surface area contributed by atoms with Gasteiger partial charge in [0.15, 0.2) is 11.7 Å². The number of carbonyl (C=O) groups excluding carboxylic acids is 1. The van der Waals surface area contributed by atoms with Crippen molar-refractivity contribution in [2.24, 2.45) is 0 Å². The van der Waals surface area contributed by atoms with Crippen molar-refractivity contribution < 1.29 is 4.79 Å². The van der Waals surface area contributed by atoms with Gasteiger partial charge in [-0.25, -0.2) is 4.98 Å². The number of H-pyrrole nitrogens is 1. The number of carbonyl (C=O) groups is 1. The first kappa shape index (κ1) is 14.2. The molecule has 1 aromatic carbocycles. The summed E-state index contributed by atoms with van der Waals surface area (Å²) in [6.45, 7) is 1.69. The number of nitrogens with zero attached hydrogens (tertiary/aromatic N) is 2. The Morgan fingerprint density at radius 1 is 1.36 bits per heavy atom. The molecule has 0 saturated carbocycles. The smallest absolute Gasteiger partial charge is 0.248 e. The molecule has 3 rings (SSSR count). The van der Waals surface area contributed by atoms with Crippen LogP contribution in [0.3, 0.4) is 0 Å². The summed E-state index contributed by atoms with van der Waals surface area (Å²) in [5.74, 6) is -1.41. The van der Waals surface area contributed by atoms with Crippen LogP contribution in [0.5, 0.6) is 0 Å². The molecule has 22 heavy (non-hydrogen) atoms. The predicted molar refractivity (Wildman–Crippen MR) is 84.1 cm³/mol. The standard InChI is InChI=1S/C16H11N3O2S/c1-9-6-10(7-14(20)18-9)15(21)11(8-17)16-19-12-4-2-3-5-13(12)22-16/h2-7,11H,1H3,(H,18,20)/t11-/m1/s1. The Labute approximate surface area is 129 Å². The highest BCUT2D eigenvalue weighted by Crippen LogP contribution is 2.29. The highest BCUT2D eigenvalue weighted by molar-refractivity contribution is 7.18. The number of ketones is 1. The van der Waals surface area contributed by atoms with Crippen LogP contribution in [0.25, 0.3) is 10.2 Å². The molecule has 108 valence electrons. The second-order valence-corrected chi connectivity index (χ2v) is 5.92. The number of fused-ring (bicyclic) bond motifs is 1. The molecule has 1 atom stereocenters. The normalized spacial score (nSPS) is 12.0. The fraction of sp³-hybridized carbons (Fsp3) is 0.125. The molecule has 0 fully saturated rings. The Morgan fingerprint density at radius 3 is 2.82 bits per heavy atom. The SMILES string of the molecule is Cc1cc(C(=O)[C@@H](C#N)c2nc3ccccc3s2)cc(=O)[nH]1. The third-order valence-electron chi connectivity index (χ3n) is 3.21. The van der Waals surface area contributed by atoms with Gasteiger partial charge in [-0.05, 0) is 25.1 Å². The maximum Gasteiger partial charge on any atom is 0.248 e. The lowest BCUT2D eigenvalue weighted by Crippen LogP contribution is -2.16. The molecule has 1 N–H and O–H groups in total. The Hall–Kier alpha value is -2.78. The minimum atomic E-state index is -1.00. The van der Waals surface area contributed by atoms with Crippen molar-refractivity contribution in [2.45, 2.75) is 12.8 Å². The number of benzene rings is 1. The van der Waals surface area contributed by atoms with Crippen molar-refractivity contribution in [3.63, 3.8) is 0 Å². The molecule has 0 amide bonds. The van der Waals surface area contributed by atoms with Gasteiger partial charge in [0.05, 0.1) is 16.3 Å². The van der Waals surface area contributed by atoms with Gasteiger partial charge in [0.25, 0.3) is 0 Å². The van der Waals surface area contributed by atoms with E-state index in [1.54, 1.807) is 13.0 Å². The lowest BCUT2D eigenvalue weighted by molar-refractivity contribution is 0.0978. The molecular formula is C16H11N3O2S. The van der Waals surface area contributed by atoms with Crippen molar-refractivity contribution in [1.82, 2.24) is 9.97 Å². The van der Waals surface area contributed by atoms with Gasteiger partial charge in [0, 0.05) is 17.3 Å². The van der Waals surface area contributed by atoms with Gasteiger partial charge >= 0.3 is 0 Å². The van der Waals surface area contributed by atoms with Crippen molar-refractivity contribution in [1.29, 1.82) is 5.26 Å². The molecule has 0 spiro atoms. The summed E-state index contributed by atoms with van der Waals surface area (Å²) >= 11 is 1.32. The molecule has 0 aliphatic heterocycles. The fourth-order valence-corrected chi connectivity index (χ4v) is 3.24. The summed E-state index contributed by atoms with van der Waals surface area (Å²) < 4.78 is 0.924. The third kappa shape index (κ3) is 2.54. The zero-order chi connectivity index (χ0) is 15.7. The quantitative estimate of drug-likeness (QED) is 0.754. The molecule has 3 aromatic rings. The number of nitrogens with one attached hydrogen (secondary N) is 1. The van der Waals surface area contributed by atoms with E-state index in [9.17, 15) is 14.9 Å². The molecule has 0 aliphatic rings. The average Bonchev–Trinajstić information content (AvgIpc) is 2.90. The van der Waals surface area contributed by atoms with Crippen LogP contribution in [0.4, 0.5) is 0 Å². The summed E-state index contributed by atoms with van der Waals surface area (Å²) in [4.78, 5) is 31.0. The van der Waals surface area contributed by atoms with Crippen LogP contribution in [0.2, 0.25) is 0 Å². The molecule has 2 heterocycles. The van der Waals surface area contributed by atoms with Crippen LogP contribution in [0.1, 0.15) is 27.0 Å². The highest BCUT2D eigenvalue weighted by Gasteiger charge is 2.25. The topological polar surface area (TPSA) is 86.6 Å². The number of aromatic amines is 1. The molecule has 6 heteroatoms. The first-order valence-corrected chi connectivity index (χ1v) is 7.40. The number of thiazole rings is 1. The first-order chi connectivity index (χ1) is 10.6. The van der Waals surface area contributed by atoms with Gasteiger partial charge in [-0.1, -0.05) is 12.1 Å². The number of aromatic nitrogens is 2. The van der Waals surface area contributed by atoms with Crippen molar-refractivity contribution in [3.05, 3.63) is 63.0 Å². The van der Waals surface area contributed by atoms with E-state index < -0.39 is 11.7 Å². The van der Waals surface area contributed by atoms with E-state index >= 15 is 0 Å². The summed E-state index contributed by atoms with van der Waals surface area (Å²) in [7, 11) is 0. The van der Waals surface area contributed by atoms with E-state index in [0.717, 1.165) is 10.2 Å². The van der Waals surface area contributed by atoms with Gasteiger partial charge in [-0.3, -0.25) is 9.59 Å². The summed E-state index contributed by atoms with van der Waals surface area (Å²) in [5, 5.41) is 9.84. The number of hydrogen-bond acceptors (Lipinski definition) is 5. The lowest BCUT2D eigenvalue weighted by Gasteiger charge is -2.05. The van der Waals surface area contributed by atoms with E-state index in [-0.39, 0.29) is 11.1 Å². The second kappa shape index (κ2) is 5.54. The Morgan fingerprint density at radius 2 is 2.14 bits per heavy atom. The van der Waals surface area contributed by atoms with Crippen molar-refractivity contribution in [3.8, 4) is 6.07 Å². The largest absolute Gasteiger partial charge is 0.326 e. The zero-order valence-electron chi connectivity index (χ0n) is 11.7. The van der Waals surface area contributed by atoms with Crippen molar-refractivity contribution in [2.75, 3.05) is 0 Å². The van der Waals surface area contributed by atoms with Crippen molar-refractivity contribution >= 4 is 27.3 Å². The van der Waals surface area contributed by atoms with Crippen LogP contribution < -0.4 is 5.56 Å². The predicted octanol–water partition coefficient (Wildman–Crippen LogP) is 2.78. The molecule has 0 unspecified atom stereocenters. The van der Waals surface area contributed by atoms with Gasteiger partial charge in [-0.15, -0.1) is 11.3 Å². The maximum absolute atomic E-state index is 12.5. The van der Waals surface area contributed by atoms with Crippen LogP contribution in [0.15, 0.2) is 41.2 Å². The minimum absolute atomic E-state index is 0.229. The lowest BCUT2D eigenvalue weighted by atomic mass is 10.00. The van der Waals surface area contributed by atoms with E-state index in [0.29, 0.717) is 10.7 Å². The number of hydrogen-bond donors (Lipinski definition) is 1. The Bertz CT molecular complexity index is 932. The van der Waals surface area contributed by atoms with Gasteiger partial charge in [0.1, 0.15) is 5.01 Å². The molecule has 2 aromatic heterocycles. The highest BCUT2D eigenvalue weighted by atomic mass is 32.1. The van der Waals surface area contributed by atoms with Crippen LogP contribution in [-0.4, -0.2) is 15.8 Å². The van der Waals surface area contributed by atoms with E-state index in [2.05, 4.69) is 9.97 Å². The number of nitriles is 1. The zero-order valence-corrected chi connectivity index (χ0v) is 12.5. The maximum atomic E-state index is 12.5. The summed E-state index contributed by atoms with van der Waals surface area (Å²) in [6, 6.07) is 12.3. The first-order valence-electron chi connectivity index (χ1n) is 6.59. The number of rotatable bonds is 3. The number of Topliss-reactive ketones (excluding diaryl/α,β-unsaturated/α-hetero) is 1. The van der Waals surface area contributed by atoms with E-state index in [1.165, 1.54) is 17.4 Å². The molecule has 0 aliphatic carbocycles. The van der Waals surface area contributed by atoms with E-state index in [1.807, 2.05) is 30.3 Å². The second-order valence-electron chi connectivity index (χ2n) is 4.86. The minimum Gasteiger partial charge on any atom is -0.326 e. The van der Waals surface area contributed by atoms with Crippen LogP contribution in [-0.2, 0) is 0 Å².